The summed E-state index contributed by atoms with van der Waals surface area (Å²) in [5.74, 6) is -1.63. The molecule has 3 rings (SSSR count). The number of aromatic hydroxyl groups is 1. The van der Waals surface area contributed by atoms with E-state index < -0.39 is 45.9 Å². The molecule has 1 saturated heterocycles. The van der Waals surface area contributed by atoms with Crippen LogP contribution in [0, 0.1) is 5.82 Å². The van der Waals surface area contributed by atoms with Crippen molar-refractivity contribution in [3.63, 3.8) is 0 Å². The molecule has 184 valence electrons. The van der Waals surface area contributed by atoms with Crippen LogP contribution in [0.15, 0.2) is 53.4 Å². The van der Waals surface area contributed by atoms with Crippen molar-refractivity contribution in [2.24, 2.45) is 0 Å². The summed E-state index contributed by atoms with van der Waals surface area (Å²) in [7, 11) is -4.03. The molecule has 2 aromatic carbocycles. The van der Waals surface area contributed by atoms with Gasteiger partial charge in [0, 0.05) is 13.0 Å². The number of phenolic OH excluding ortho intramolecular Hbond substituents is 1. The number of ether oxygens (including phenoxy) is 1. The lowest BCUT2D eigenvalue weighted by molar-refractivity contribution is -0.151. The first kappa shape index (κ1) is 25.6. The van der Waals surface area contributed by atoms with Crippen molar-refractivity contribution >= 4 is 21.9 Å². The lowest BCUT2D eigenvalue weighted by atomic mass is 10.0. The Labute approximate surface area is 197 Å². The van der Waals surface area contributed by atoms with Crippen LogP contribution in [-0.2, 0) is 30.8 Å². The van der Waals surface area contributed by atoms with Gasteiger partial charge in [-0.25, -0.2) is 22.6 Å². The predicted molar refractivity (Wildman–Crippen MR) is 121 cm³/mol. The molecule has 0 spiro atoms. The van der Waals surface area contributed by atoms with E-state index in [4.69, 9.17) is 4.74 Å². The van der Waals surface area contributed by atoms with Gasteiger partial charge < -0.3 is 15.2 Å². The number of halogens is 1. The molecule has 34 heavy (non-hydrogen) atoms. The fraction of sp³-hybridized carbons (Fsp3) is 0.391. The summed E-state index contributed by atoms with van der Waals surface area (Å²) in [5, 5.41) is 13.5. The molecular weight excluding hydrogens is 465 g/mol. The summed E-state index contributed by atoms with van der Waals surface area (Å²) in [5.41, 5.74) is 0.698. The number of hydrazine groups is 1. The highest BCUT2D eigenvalue weighted by Crippen LogP contribution is 2.19. The second-order valence-corrected chi connectivity index (χ2v) is 9.98. The van der Waals surface area contributed by atoms with E-state index >= 15 is 0 Å². The third-order valence-electron chi connectivity index (χ3n) is 5.25. The normalized spacial score (nSPS) is 17.5. The number of carbonyl (C=O) groups is 2. The Kier molecular flexibility index (Phi) is 8.24. The van der Waals surface area contributed by atoms with Crippen LogP contribution in [0.3, 0.4) is 0 Å². The number of amides is 1. The number of rotatable bonds is 9. The average Bonchev–Trinajstić information content (AvgIpc) is 3.22. The van der Waals surface area contributed by atoms with Crippen molar-refractivity contribution in [2.45, 2.75) is 56.2 Å². The number of benzene rings is 2. The Hall–Kier alpha value is -3.02. The molecule has 1 amide bonds. The number of hydrogen-bond acceptors (Lipinski definition) is 7. The maximum atomic E-state index is 13.2. The van der Waals surface area contributed by atoms with Gasteiger partial charge in [-0.3, -0.25) is 4.79 Å². The first-order valence-corrected chi connectivity index (χ1v) is 12.4. The van der Waals surface area contributed by atoms with E-state index in [0.29, 0.717) is 18.4 Å². The SMILES string of the molecule is CC(C)OC(=O)[C@H](Cc1ccc(O)cc1)NC(=O)[C@@H]1CCCN1NS(=O)(=O)c1ccc(F)cc1. The van der Waals surface area contributed by atoms with Gasteiger partial charge >= 0.3 is 5.97 Å². The Morgan fingerprint density at radius 1 is 1.15 bits per heavy atom. The third kappa shape index (κ3) is 6.75. The van der Waals surface area contributed by atoms with Crippen LogP contribution >= 0.6 is 0 Å². The molecule has 0 bridgehead atoms. The zero-order valence-corrected chi connectivity index (χ0v) is 19.7. The largest absolute Gasteiger partial charge is 0.508 e. The van der Waals surface area contributed by atoms with Gasteiger partial charge in [-0.05, 0) is 68.7 Å². The smallest absolute Gasteiger partial charge is 0.329 e. The van der Waals surface area contributed by atoms with Gasteiger partial charge in [-0.15, -0.1) is 4.83 Å². The van der Waals surface area contributed by atoms with Crippen LogP contribution in [0.5, 0.6) is 5.75 Å². The molecule has 3 N–H and O–H groups in total. The van der Waals surface area contributed by atoms with Crippen LogP contribution in [0.2, 0.25) is 0 Å². The van der Waals surface area contributed by atoms with E-state index in [1.54, 1.807) is 26.0 Å². The molecule has 9 nitrogen and oxygen atoms in total. The third-order valence-corrected chi connectivity index (χ3v) is 6.61. The summed E-state index contributed by atoms with van der Waals surface area (Å²) in [6.45, 7) is 3.68. The Morgan fingerprint density at radius 3 is 2.41 bits per heavy atom. The van der Waals surface area contributed by atoms with E-state index in [1.807, 2.05) is 0 Å². The maximum Gasteiger partial charge on any atom is 0.329 e. The number of esters is 1. The highest BCUT2D eigenvalue weighted by Gasteiger charge is 2.36. The second-order valence-electron chi connectivity index (χ2n) is 8.32. The number of carbonyl (C=O) groups excluding carboxylic acids is 2. The number of sulfonamides is 1. The van der Waals surface area contributed by atoms with Crippen molar-refractivity contribution < 1.29 is 32.2 Å². The van der Waals surface area contributed by atoms with Gasteiger partial charge in [0.05, 0.1) is 11.0 Å². The Bertz CT molecular complexity index is 1110. The van der Waals surface area contributed by atoms with Crippen molar-refractivity contribution in [3.8, 4) is 5.75 Å². The minimum absolute atomic E-state index is 0.0733. The molecule has 1 fully saturated rings. The zero-order chi connectivity index (χ0) is 24.9. The number of nitrogens with one attached hydrogen (secondary N) is 2. The van der Waals surface area contributed by atoms with E-state index in [0.717, 1.165) is 24.3 Å². The maximum absolute atomic E-state index is 13.2. The summed E-state index contributed by atoms with van der Waals surface area (Å²) < 4.78 is 43.8. The van der Waals surface area contributed by atoms with Crippen molar-refractivity contribution in [1.29, 1.82) is 0 Å². The minimum atomic E-state index is -4.03. The molecule has 0 aromatic heterocycles. The van der Waals surface area contributed by atoms with Gasteiger partial charge in [0.15, 0.2) is 0 Å². The van der Waals surface area contributed by atoms with Crippen molar-refractivity contribution in [3.05, 3.63) is 59.9 Å². The average molecular weight is 494 g/mol. The number of phenols is 1. The molecule has 2 atom stereocenters. The van der Waals surface area contributed by atoms with E-state index in [9.17, 15) is 27.5 Å². The molecule has 0 unspecified atom stereocenters. The molecular formula is C23H28FN3O6S. The molecule has 1 aliphatic heterocycles. The monoisotopic (exact) mass is 493 g/mol. The summed E-state index contributed by atoms with van der Waals surface area (Å²) >= 11 is 0. The van der Waals surface area contributed by atoms with Gasteiger partial charge in [-0.1, -0.05) is 12.1 Å². The molecule has 1 aliphatic rings. The van der Waals surface area contributed by atoms with Crippen molar-refractivity contribution in [2.75, 3.05) is 6.54 Å². The zero-order valence-electron chi connectivity index (χ0n) is 18.9. The molecule has 2 aromatic rings. The lowest BCUT2D eigenvalue weighted by Crippen LogP contribution is -2.54. The van der Waals surface area contributed by atoms with Crippen LogP contribution in [0.1, 0.15) is 32.3 Å². The fourth-order valence-corrected chi connectivity index (χ4v) is 4.74. The lowest BCUT2D eigenvalue weighted by Gasteiger charge is -2.26. The van der Waals surface area contributed by atoms with E-state index in [2.05, 4.69) is 10.1 Å². The van der Waals surface area contributed by atoms with Crippen LogP contribution in [-0.4, -0.2) is 55.1 Å². The summed E-state index contributed by atoms with van der Waals surface area (Å²) in [6, 6.07) is 8.73. The summed E-state index contributed by atoms with van der Waals surface area (Å²) in [4.78, 5) is 28.0. The van der Waals surface area contributed by atoms with Crippen molar-refractivity contribution in [1.82, 2.24) is 15.2 Å². The van der Waals surface area contributed by atoms with Gasteiger partial charge in [-0.2, -0.15) is 0 Å². The first-order valence-electron chi connectivity index (χ1n) is 10.9. The van der Waals surface area contributed by atoms with Crippen LogP contribution < -0.4 is 10.1 Å². The van der Waals surface area contributed by atoms with Crippen LogP contribution in [0.25, 0.3) is 0 Å². The molecule has 11 heteroatoms. The van der Waals surface area contributed by atoms with Crippen LogP contribution in [0.4, 0.5) is 4.39 Å². The second kappa shape index (κ2) is 10.9. The topological polar surface area (TPSA) is 125 Å². The minimum Gasteiger partial charge on any atom is -0.508 e. The fourth-order valence-electron chi connectivity index (χ4n) is 3.61. The Balaban J connectivity index is 1.73. The highest BCUT2D eigenvalue weighted by molar-refractivity contribution is 7.89. The van der Waals surface area contributed by atoms with E-state index in [-0.39, 0.29) is 23.6 Å². The first-order chi connectivity index (χ1) is 16.0. The van der Waals surface area contributed by atoms with E-state index in [1.165, 1.54) is 17.1 Å². The standard InChI is InChI=1S/C23H28FN3O6S/c1-15(2)33-23(30)20(14-16-5-9-18(28)10-6-16)25-22(29)21-4-3-13-27(21)26-34(31,32)19-11-7-17(24)8-12-19/h5-12,15,20-21,26,28H,3-4,13-14H2,1-2H3,(H,25,29)/t20-,21-/m0/s1. The number of hydrogen-bond donors (Lipinski definition) is 3. The number of nitrogens with zero attached hydrogens (tertiary/aromatic N) is 1. The van der Waals surface area contributed by atoms with Gasteiger partial charge in [0.2, 0.25) is 5.91 Å². The molecule has 0 saturated carbocycles. The Morgan fingerprint density at radius 2 is 1.79 bits per heavy atom. The molecule has 0 aliphatic carbocycles. The summed E-state index contributed by atoms with van der Waals surface area (Å²) in [6.07, 6.45) is 0.676. The predicted octanol–water partition coefficient (Wildman–Crippen LogP) is 1.87. The molecule has 1 heterocycles. The van der Waals surface area contributed by atoms with Gasteiger partial charge in [0.1, 0.15) is 23.7 Å². The van der Waals surface area contributed by atoms with Gasteiger partial charge in [0.25, 0.3) is 10.0 Å². The molecule has 0 radical (unpaired) electrons. The highest BCUT2D eigenvalue weighted by atomic mass is 32.2. The quantitative estimate of drug-likeness (QED) is 0.456.